The van der Waals surface area contributed by atoms with Gasteiger partial charge in [-0.25, -0.2) is 9.22 Å². The number of benzene rings is 2. The lowest BCUT2D eigenvalue weighted by Gasteiger charge is -2.09. The quantitative estimate of drug-likeness (QED) is 0.624. The largest absolute Gasteiger partial charge is 0.493 e. The van der Waals surface area contributed by atoms with Crippen molar-refractivity contribution in [2.75, 3.05) is 14.2 Å². The Kier molecular flexibility index (Phi) is 5.63. The molecule has 9 heteroatoms. The Labute approximate surface area is 143 Å². The summed E-state index contributed by atoms with van der Waals surface area (Å²) in [6.07, 6.45) is 0.996. The molecule has 6 nitrogen and oxygen atoms in total. The third kappa shape index (κ3) is 3.95. The summed E-state index contributed by atoms with van der Waals surface area (Å²) in [7, 11) is -1.14. The normalized spacial score (nSPS) is 11.5. The van der Waals surface area contributed by atoms with Gasteiger partial charge in [-0.15, -0.1) is 0 Å². The van der Waals surface area contributed by atoms with Crippen molar-refractivity contribution in [3.05, 3.63) is 52.8 Å². The molecule has 0 saturated carbocycles. The minimum atomic E-state index is -3.96. The highest BCUT2D eigenvalue weighted by Crippen LogP contribution is 2.29. The lowest BCUT2D eigenvalue weighted by Crippen LogP contribution is -2.18. The number of nitrogens with zero attached hydrogens (tertiary/aromatic N) is 1. The Hall–Kier alpha value is -2.32. The van der Waals surface area contributed by atoms with Gasteiger partial charge in [0.05, 0.1) is 30.4 Å². The maximum atomic E-state index is 13.6. The first kappa shape index (κ1) is 18.0. The van der Waals surface area contributed by atoms with Gasteiger partial charge in [0.1, 0.15) is 5.82 Å². The number of hydrogen-bond donors (Lipinski definition) is 1. The zero-order valence-electron chi connectivity index (χ0n) is 12.8. The van der Waals surface area contributed by atoms with E-state index in [9.17, 15) is 12.8 Å². The third-order valence-electron chi connectivity index (χ3n) is 3.03. The van der Waals surface area contributed by atoms with Crippen molar-refractivity contribution in [2.45, 2.75) is 4.90 Å². The lowest BCUT2D eigenvalue weighted by atomic mass is 10.2. The van der Waals surface area contributed by atoms with Gasteiger partial charge in [-0.3, -0.25) is 0 Å². The molecular formula is C15H14ClFN2O4S. The molecule has 0 aliphatic carbocycles. The van der Waals surface area contributed by atoms with Crippen LogP contribution in [0.2, 0.25) is 5.02 Å². The molecule has 1 N–H and O–H groups in total. The molecule has 2 rings (SSSR count). The molecule has 0 radical (unpaired) electrons. The number of ether oxygens (including phenoxy) is 2. The van der Waals surface area contributed by atoms with Gasteiger partial charge < -0.3 is 9.47 Å². The van der Waals surface area contributed by atoms with E-state index < -0.39 is 15.8 Å². The Bertz CT molecular complexity index is 852. The van der Waals surface area contributed by atoms with Gasteiger partial charge in [0.2, 0.25) is 0 Å². The van der Waals surface area contributed by atoms with Crippen LogP contribution in [0, 0.1) is 5.82 Å². The molecule has 24 heavy (non-hydrogen) atoms. The second kappa shape index (κ2) is 7.50. The van der Waals surface area contributed by atoms with Crippen LogP contribution in [0.3, 0.4) is 0 Å². The van der Waals surface area contributed by atoms with Crippen LogP contribution in [0.1, 0.15) is 5.56 Å². The maximum absolute atomic E-state index is 13.6. The van der Waals surface area contributed by atoms with Crippen LogP contribution in [-0.4, -0.2) is 28.9 Å². The zero-order chi connectivity index (χ0) is 17.7. The highest BCUT2D eigenvalue weighted by Gasteiger charge is 2.16. The van der Waals surface area contributed by atoms with Crippen molar-refractivity contribution in [3.63, 3.8) is 0 Å². The van der Waals surface area contributed by atoms with Crippen LogP contribution in [0.5, 0.6) is 11.5 Å². The Balaban J connectivity index is 2.24. The molecule has 0 heterocycles. The number of hydrazone groups is 1. The Morgan fingerprint density at radius 1 is 1.17 bits per heavy atom. The molecule has 0 amide bonds. The van der Waals surface area contributed by atoms with Gasteiger partial charge in [0.25, 0.3) is 10.0 Å². The molecule has 0 unspecified atom stereocenters. The summed E-state index contributed by atoms with van der Waals surface area (Å²) in [6, 6.07) is 8.15. The van der Waals surface area contributed by atoms with Crippen LogP contribution in [0.15, 0.2) is 46.4 Å². The molecule has 0 spiro atoms. The van der Waals surface area contributed by atoms with Gasteiger partial charge in [0, 0.05) is 11.6 Å². The average molecular weight is 373 g/mol. The van der Waals surface area contributed by atoms with Crippen LogP contribution >= 0.6 is 11.6 Å². The molecule has 128 valence electrons. The van der Waals surface area contributed by atoms with E-state index in [0.29, 0.717) is 5.75 Å². The predicted molar refractivity (Wildman–Crippen MR) is 88.9 cm³/mol. The molecule has 0 aromatic heterocycles. The minimum Gasteiger partial charge on any atom is -0.493 e. The van der Waals surface area contributed by atoms with E-state index >= 15 is 0 Å². The maximum Gasteiger partial charge on any atom is 0.276 e. The summed E-state index contributed by atoms with van der Waals surface area (Å²) < 4.78 is 48.1. The number of rotatable bonds is 6. The molecule has 2 aromatic rings. The third-order valence-corrected chi connectivity index (χ3v) is 4.58. The number of nitrogens with one attached hydrogen (secondary N) is 1. The van der Waals surface area contributed by atoms with E-state index in [1.807, 2.05) is 4.83 Å². The molecule has 0 atom stereocenters. The lowest BCUT2D eigenvalue weighted by molar-refractivity contribution is 0.354. The fraction of sp³-hybridized carbons (Fsp3) is 0.133. The summed E-state index contributed by atoms with van der Waals surface area (Å²) in [4.78, 5) is 1.90. The van der Waals surface area contributed by atoms with Crippen LogP contribution in [-0.2, 0) is 10.0 Å². The van der Waals surface area contributed by atoms with Crippen molar-refractivity contribution in [2.24, 2.45) is 5.10 Å². The zero-order valence-corrected chi connectivity index (χ0v) is 14.4. The van der Waals surface area contributed by atoms with Crippen molar-refractivity contribution >= 4 is 27.8 Å². The predicted octanol–water partition coefficient (Wildman–Crippen LogP) is 2.81. The van der Waals surface area contributed by atoms with Crippen molar-refractivity contribution < 1.29 is 22.3 Å². The molecule has 0 saturated heterocycles. The number of sulfonamides is 1. The van der Waals surface area contributed by atoms with Gasteiger partial charge in [-0.1, -0.05) is 17.7 Å². The van der Waals surface area contributed by atoms with E-state index in [1.165, 1.54) is 50.6 Å². The fourth-order valence-electron chi connectivity index (χ4n) is 1.83. The first-order valence-corrected chi connectivity index (χ1v) is 8.46. The van der Waals surface area contributed by atoms with Crippen LogP contribution < -0.4 is 14.3 Å². The molecule has 0 fully saturated rings. The van der Waals surface area contributed by atoms with Crippen LogP contribution in [0.4, 0.5) is 4.39 Å². The van der Waals surface area contributed by atoms with E-state index in [-0.39, 0.29) is 21.2 Å². The topological polar surface area (TPSA) is 77.0 Å². The smallest absolute Gasteiger partial charge is 0.276 e. The van der Waals surface area contributed by atoms with E-state index in [4.69, 9.17) is 21.1 Å². The first-order chi connectivity index (χ1) is 11.4. The second-order valence-electron chi connectivity index (χ2n) is 4.51. The van der Waals surface area contributed by atoms with E-state index in [2.05, 4.69) is 5.10 Å². The molecule has 0 aliphatic heterocycles. The highest BCUT2D eigenvalue weighted by molar-refractivity contribution is 7.89. The van der Waals surface area contributed by atoms with Crippen molar-refractivity contribution in [1.29, 1.82) is 0 Å². The van der Waals surface area contributed by atoms with Crippen molar-refractivity contribution in [3.8, 4) is 11.5 Å². The first-order valence-electron chi connectivity index (χ1n) is 6.60. The summed E-state index contributed by atoms with van der Waals surface area (Å²) in [5.74, 6) is 0.0242. The summed E-state index contributed by atoms with van der Waals surface area (Å²) >= 11 is 5.83. The van der Waals surface area contributed by atoms with Gasteiger partial charge >= 0.3 is 0 Å². The van der Waals surface area contributed by atoms with E-state index in [1.54, 1.807) is 0 Å². The SMILES string of the molecule is COc1ccc(S(=O)(=O)N/N=C/c2c(F)cccc2Cl)cc1OC. The molecular weight excluding hydrogens is 359 g/mol. The Morgan fingerprint density at radius 3 is 2.50 bits per heavy atom. The van der Waals surface area contributed by atoms with Gasteiger partial charge in [-0.2, -0.15) is 13.5 Å². The molecule has 0 bridgehead atoms. The van der Waals surface area contributed by atoms with Gasteiger partial charge in [-0.05, 0) is 24.3 Å². The second-order valence-corrected chi connectivity index (χ2v) is 6.57. The van der Waals surface area contributed by atoms with Crippen LogP contribution in [0.25, 0.3) is 0 Å². The van der Waals surface area contributed by atoms with E-state index in [0.717, 1.165) is 6.21 Å². The number of hydrogen-bond acceptors (Lipinski definition) is 5. The monoisotopic (exact) mass is 372 g/mol. The summed E-state index contributed by atoms with van der Waals surface area (Å²) in [6.45, 7) is 0. The molecule has 2 aromatic carbocycles. The summed E-state index contributed by atoms with van der Waals surface area (Å²) in [5.41, 5.74) is -0.0193. The fourth-order valence-corrected chi connectivity index (χ4v) is 2.85. The number of methoxy groups -OCH3 is 2. The molecule has 0 aliphatic rings. The number of halogens is 2. The summed E-state index contributed by atoms with van der Waals surface area (Å²) in [5, 5.41) is 3.66. The highest BCUT2D eigenvalue weighted by atomic mass is 35.5. The standard InChI is InChI=1S/C15H14ClFN2O4S/c1-22-14-7-6-10(8-15(14)23-2)24(20,21)19-18-9-11-12(16)4-3-5-13(11)17/h3-9,19H,1-2H3/b18-9+. The van der Waals surface area contributed by atoms with Crippen molar-refractivity contribution in [1.82, 2.24) is 4.83 Å². The Morgan fingerprint density at radius 2 is 1.88 bits per heavy atom. The van der Waals surface area contributed by atoms with Gasteiger partial charge in [0.15, 0.2) is 11.5 Å². The average Bonchev–Trinajstić information content (AvgIpc) is 2.56. The minimum absolute atomic E-state index is 0.0193.